The van der Waals surface area contributed by atoms with Crippen molar-refractivity contribution in [2.24, 2.45) is 0 Å². The highest BCUT2D eigenvalue weighted by Gasteiger charge is 2.22. The van der Waals surface area contributed by atoms with Gasteiger partial charge in [-0.3, -0.25) is 10.1 Å². The van der Waals surface area contributed by atoms with Crippen LogP contribution < -0.4 is 0 Å². The Balaban J connectivity index is 3.28. The van der Waals surface area contributed by atoms with Crippen LogP contribution in [-0.4, -0.2) is 19.8 Å². The van der Waals surface area contributed by atoms with Gasteiger partial charge in [-0.05, 0) is 6.92 Å². The second-order valence-corrected chi connectivity index (χ2v) is 2.48. The molecule has 0 saturated carbocycles. The molecule has 0 aliphatic carbocycles. The Hall–Kier alpha value is -1.14. The Labute approximate surface area is 72.5 Å². The van der Waals surface area contributed by atoms with E-state index in [-0.39, 0.29) is 16.5 Å². The van der Waals surface area contributed by atoms with E-state index in [2.05, 4.69) is 5.10 Å². The molecule has 0 aromatic carbocycles. The molecule has 66 valence electrons. The molecule has 0 unspecified atom stereocenters. The Bertz CT molecular complexity index is 322. The zero-order valence-electron chi connectivity index (χ0n) is 6.19. The first kappa shape index (κ1) is 8.95. The minimum Gasteiger partial charge on any atom is -0.374 e. The van der Waals surface area contributed by atoms with E-state index in [1.807, 2.05) is 0 Å². The fraction of sp³-hybridized carbons (Fsp3) is 0.400. The van der Waals surface area contributed by atoms with Crippen LogP contribution in [-0.2, 0) is 6.73 Å². The van der Waals surface area contributed by atoms with E-state index in [1.165, 1.54) is 6.92 Å². The molecule has 1 aromatic rings. The van der Waals surface area contributed by atoms with Crippen LogP contribution in [0.15, 0.2) is 0 Å². The van der Waals surface area contributed by atoms with E-state index in [1.54, 1.807) is 0 Å². The van der Waals surface area contributed by atoms with Crippen LogP contribution >= 0.6 is 11.6 Å². The average molecular weight is 192 g/mol. The SMILES string of the molecule is Cc1c([N+](=O)[O-])c(Cl)nn1CO. The summed E-state index contributed by atoms with van der Waals surface area (Å²) >= 11 is 5.44. The molecule has 0 atom stereocenters. The Morgan fingerprint density at radius 3 is 2.67 bits per heavy atom. The molecule has 1 N–H and O–H groups in total. The third-order valence-electron chi connectivity index (χ3n) is 1.45. The summed E-state index contributed by atoms with van der Waals surface area (Å²) in [5.41, 5.74) is -0.0155. The fourth-order valence-corrected chi connectivity index (χ4v) is 1.14. The highest BCUT2D eigenvalue weighted by Crippen LogP contribution is 2.26. The molecule has 0 fully saturated rings. The van der Waals surface area contributed by atoms with Gasteiger partial charge in [0.25, 0.3) is 0 Å². The lowest BCUT2D eigenvalue weighted by Gasteiger charge is -1.94. The zero-order valence-corrected chi connectivity index (χ0v) is 6.95. The highest BCUT2D eigenvalue weighted by atomic mass is 35.5. The summed E-state index contributed by atoms with van der Waals surface area (Å²) in [6.07, 6.45) is 0. The Kier molecular flexibility index (Phi) is 2.30. The number of aromatic nitrogens is 2. The molecule has 0 bridgehead atoms. The molecular weight excluding hydrogens is 186 g/mol. The van der Waals surface area contributed by atoms with Crippen molar-refractivity contribution >= 4 is 17.3 Å². The monoisotopic (exact) mass is 191 g/mol. The van der Waals surface area contributed by atoms with Crippen molar-refractivity contribution in [1.29, 1.82) is 0 Å². The van der Waals surface area contributed by atoms with Crippen molar-refractivity contribution in [3.05, 3.63) is 21.0 Å². The van der Waals surface area contributed by atoms with Crippen LogP contribution in [0.1, 0.15) is 5.69 Å². The summed E-state index contributed by atoms with van der Waals surface area (Å²) in [7, 11) is 0. The number of hydrogen-bond donors (Lipinski definition) is 1. The van der Waals surface area contributed by atoms with Crippen LogP contribution in [0, 0.1) is 17.0 Å². The maximum Gasteiger partial charge on any atom is 0.328 e. The van der Waals surface area contributed by atoms with Crippen molar-refractivity contribution < 1.29 is 10.0 Å². The van der Waals surface area contributed by atoms with E-state index >= 15 is 0 Å². The van der Waals surface area contributed by atoms with E-state index in [0.717, 1.165) is 4.68 Å². The number of aliphatic hydroxyl groups is 1. The molecule has 12 heavy (non-hydrogen) atoms. The van der Waals surface area contributed by atoms with E-state index in [9.17, 15) is 10.1 Å². The van der Waals surface area contributed by atoms with Gasteiger partial charge in [-0.15, -0.1) is 0 Å². The van der Waals surface area contributed by atoms with Gasteiger partial charge in [0.15, 0.2) is 0 Å². The molecule has 0 spiro atoms. The van der Waals surface area contributed by atoms with Gasteiger partial charge in [0.05, 0.1) is 4.92 Å². The van der Waals surface area contributed by atoms with Crippen molar-refractivity contribution in [2.75, 3.05) is 0 Å². The van der Waals surface area contributed by atoms with Gasteiger partial charge in [-0.2, -0.15) is 5.10 Å². The third-order valence-corrected chi connectivity index (χ3v) is 1.70. The summed E-state index contributed by atoms with van der Waals surface area (Å²) in [6.45, 7) is 1.05. The molecule has 1 aromatic heterocycles. The van der Waals surface area contributed by atoms with Crippen LogP contribution in [0.5, 0.6) is 0 Å². The lowest BCUT2D eigenvalue weighted by molar-refractivity contribution is -0.385. The first-order valence-corrected chi connectivity index (χ1v) is 3.44. The van der Waals surface area contributed by atoms with Crippen molar-refractivity contribution in [3.8, 4) is 0 Å². The van der Waals surface area contributed by atoms with Gasteiger partial charge in [0, 0.05) is 0 Å². The van der Waals surface area contributed by atoms with Crippen LogP contribution in [0.3, 0.4) is 0 Å². The minimum absolute atomic E-state index is 0.202. The molecular formula is C5H6ClN3O3. The molecule has 1 heterocycles. The number of halogens is 1. The summed E-state index contributed by atoms with van der Waals surface area (Å²) in [5, 5.41) is 22.4. The first-order chi connectivity index (χ1) is 5.57. The lowest BCUT2D eigenvalue weighted by atomic mass is 10.4. The summed E-state index contributed by atoms with van der Waals surface area (Å²) in [6, 6.07) is 0. The van der Waals surface area contributed by atoms with E-state index in [0.29, 0.717) is 0 Å². The van der Waals surface area contributed by atoms with Crippen LogP contribution in [0.4, 0.5) is 5.69 Å². The van der Waals surface area contributed by atoms with E-state index < -0.39 is 11.7 Å². The quantitative estimate of drug-likeness (QED) is 0.551. The summed E-state index contributed by atoms with van der Waals surface area (Å²) in [5.74, 6) is 0. The third kappa shape index (κ3) is 1.26. The van der Waals surface area contributed by atoms with E-state index in [4.69, 9.17) is 16.7 Å². The minimum atomic E-state index is -0.628. The summed E-state index contributed by atoms with van der Waals surface area (Å²) in [4.78, 5) is 9.73. The number of hydrogen-bond acceptors (Lipinski definition) is 4. The molecule has 0 aliphatic heterocycles. The normalized spacial score (nSPS) is 10.2. The number of aliphatic hydroxyl groups excluding tert-OH is 1. The average Bonchev–Trinajstić information content (AvgIpc) is 2.25. The van der Waals surface area contributed by atoms with Crippen molar-refractivity contribution in [1.82, 2.24) is 9.78 Å². The highest BCUT2D eigenvalue weighted by molar-refractivity contribution is 6.31. The van der Waals surface area contributed by atoms with Crippen molar-refractivity contribution in [3.63, 3.8) is 0 Å². The topological polar surface area (TPSA) is 81.2 Å². The second-order valence-electron chi connectivity index (χ2n) is 2.12. The second kappa shape index (κ2) is 3.08. The Morgan fingerprint density at radius 2 is 2.42 bits per heavy atom. The molecule has 0 amide bonds. The fourth-order valence-electron chi connectivity index (χ4n) is 0.845. The molecule has 7 heteroatoms. The predicted molar refractivity (Wildman–Crippen MR) is 40.8 cm³/mol. The van der Waals surface area contributed by atoms with Crippen LogP contribution in [0.2, 0.25) is 5.15 Å². The van der Waals surface area contributed by atoms with Gasteiger partial charge in [0.2, 0.25) is 5.15 Å². The maximum absolute atomic E-state index is 10.4. The van der Waals surface area contributed by atoms with Crippen LogP contribution in [0.25, 0.3) is 0 Å². The lowest BCUT2D eigenvalue weighted by Crippen LogP contribution is -2.01. The van der Waals surface area contributed by atoms with Gasteiger partial charge in [-0.1, -0.05) is 11.6 Å². The number of nitro groups is 1. The standard InChI is InChI=1S/C5H6ClN3O3/c1-3-4(9(11)12)5(6)7-8(3)2-10/h10H,2H2,1H3. The Morgan fingerprint density at radius 1 is 1.83 bits per heavy atom. The first-order valence-electron chi connectivity index (χ1n) is 3.06. The number of rotatable bonds is 2. The maximum atomic E-state index is 10.4. The molecule has 0 radical (unpaired) electrons. The predicted octanol–water partition coefficient (Wildman–Crippen LogP) is 0.703. The number of nitrogens with zero attached hydrogens (tertiary/aromatic N) is 3. The molecule has 6 nitrogen and oxygen atoms in total. The van der Waals surface area contributed by atoms with Gasteiger partial charge in [0.1, 0.15) is 12.4 Å². The van der Waals surface area contributed by atoms with Gasteiger partial charge in [-0.25, -0.2) is 4.68 Å². The molecule has 1 rings (SSSR count). The van der Waals surface area contributed by atoms with Gasteiger partial charge >= 0.3 is 5.69 Å². The molecule has 0 aliphatic rings. The zero-order chi connectivity index (χ0) is 9.30. The van der Waals surface area contributed by atoms with Gasteiger partial charge < -0.3 is 5.11 Å². The molecule has 0 saturated heterocycles. The smallest absolute Gasteiger partial charge is 0.328 e. The summed E-state index contributed by atoms with van der Waals surface area (Å²) < 4.78 is 1.06. The largest absolute Gasteiger partial charge is 0.374 e. The van der Waals surface area contributed by atoms with Crippen molar-refractivity contribution in [2.45, 2.75) is 13.7 Å².